The Bertz CT molecular complexity index is 602. The summed E-state index contributed by atoms with van der Waals surface area (Å²) in [5.74, 6) is -0.679. The van der Waals surface area contributed by atoms with Crippen molar-refractivity contribution in [1.82, 2.24) is 9.97 Å². The Morgan fingerprint density at radius 2 is 2.22 bits per heavy atom. The van der Waals surface area contributed by atoms with Crippen molar-refractivity contribution in [2.75, 3.05) is 5.32 Å². The smallest absolute Gasteiger partial charge is 0.337 e. The molecule has 0 aliphatic heterocycles. The molecule has 2 heterocycles. The molecule has 0 unspecified atom stereocenters. The minimum absolute atomic E-state index is 0.00992. The number of nitrogens with one attached hydrogen (secondary N) is 1. The maximum absolute atomic E-state index is 10.9. The molecular weight excluding hydrogens is 254 g/mol. The van der Waals surface area contributed by atoms with E-state index >= 15 is 0 Å². The van der Waals surface area contributed by atoms with Crippen molar-refractivity contribution in [2.24, 2.45) is 0 Å². The number of carboxylic acid groups (broad SMARTS) is 1. The minimum atomic E-state index is -1.09. The molecule has 2 aromatic rings. The molecule has 0 bridgehead atoms. The molecule has 2 aromatic heterocycles. The predicted molar refractivity (Wildman–Crippen MR) is 68.5 cm³/mol. The fraction of sp³-hybridized carbons (Fsp3) is 0.0833. The number of pyridine rings is 2. The third kappa shape index (κ3) is 2.57. The van der Waals surface area contributed by atoms with Gasteiger partial charge in [0.05, 0.1) is 22.0 Å². The molecule has 0 amide bonds. The molecule has 6 heteroatoms. The number of aromatic carboxylic acids is 1. The van der Waals surface area contributed by atoms with Gasteiger partial charge in [0.25, 0.3) is 0 Å². The van der Waals surface area contributed by atoms with Crippen LogP contribution in [0.4, 0.5) is 11.5 Å². The number of hydrogen-bond donors (Lipinski definition) is 2. The number of nitrogens with zero attached hydrogens (tertiary/aromatic N) is 2. The number of carbonyl (C=O) groups is 1. The van der Waals surface area contributed by atoms with Crippen molar-refractivity contribution >= 4 is 29.1 Å². The summed E-state index contributed by atoms with van der Waals surface area (Å²) in [5, 5.41) is 12.1. The fourth-order valence-corrected chi connectivity index (χ4v) is 1.61. The van der Waals surface area contributed by atoms with Crippen LogP contribution >= 0.6 is 11.6 Å². The van der Waals surface area contributed by atoms with E-state index in [1.165, 1.54) is 12.3 Å². The monoisotopic (exact) mass is 263 g/mol. The zero-order chi connectivity index (χ0) is 13.1. The molecule has 0 saturated carbocycles. The van der Waals surface area contributed by atoms with Crippen LogP contribution < -0.4 is 5.32 Å². The summed E-state index contributed by atoms with van der Waals surface area (Å²) in [7, 11) is 0. The summed E-state index contributed by atoms with van der Waals surface area (Å²) in [6.07, 6.45) is 2.98. The van der Waals surface area contributed by atoms with Crippen LogP contribution in [0.3, 0.4) is 0 Å². The lowest BCUT2D eigenvalue weighted by molar-refractivity contribution is 0.0697. The van der Waals surface area contributed by atoms with Crippen molar-refractivity contribution in [1.29, 1.82) is 0 Å². The maximum Gasteiger partial charge on any atom is 0.337 e. The van der Waals surface area contributed by atoms with Crippen LogP contribution in [-0.4, -0.2) is 21.0 Å². The van der Waals surface area contributed by atoms with E-state index in [1.54, 1.807) is 12.3 Å². The molecule has 0 atom stereocenters. The third-order valence-electron chi connectivity index (χ3n) is 2.36. The summed E-state index contributed by atoms with van der Waals surface area (Å²) < 4.78 is 0. The first-order valence-electron chi connectivity index (χ1n) is 5.15. The second kappa shape index (κ2) is 5.01. The van der Waals surface area contributed by atoms with Crippen molar-refractivity contribution in [2.45, 2.75) is 6.92 Å². The van der Waals surface area contributed by atoms with Gasteiger partial charge in [0.15, 0.2) is 0 Å². The van der Waals surface area contributed by atoms with Gasteiger partial charge in [-0.1, -0.05) is 11.6 Å². The van der Waals surface area contributed by atoms with Gasteiger partial charge in [0.1, 0.15) is 5.82 Å². The van der Waals surface area contributed by atoms with E-state index in [9.17, 15) is 4.79 Å². The van der Waals surface area contributed by atoms with Crippen LogP contribution in [-0.2, 0) is 0 Å². The second-order valence-electron chi connectivity index (χ2n) is 3.62. The molecule has 0 aliphatic rings. The Morgan fingerprint density at radius 3 is 2.89 bits per heavy atom. The SMILES string of the molecule is Cc1ncccc1Nc1cc(C(=O)O)c(Cl)cn1. The average Bonchev–Trinajstić information content (AvgIpc) is 2.34. The molecule has 2 N–H and O–H groups in total. The summed E-state index contributed by atoms with van der Waals surface area (Å²) in [6, 6.07) is 5.00. The zero-order valence-electron chi connectivity index (χ0n) is 9.51. The van der Waals surface area contributed by atoms with Crippen LogP contribution in [0.25, 0.3) is 0 Å². The number of rotatable bonds is 3. The molecule has 0 spiro atoms. The highest BCUT2D eigenvalue weighted by Crippen LogP contribution is 2.21. The van der Waals surface area contributed by atoms with Gasteiger partial charge in [-0.15, -0.1) is 0 Å². The van der Waals surface area contributed by atoms with Crippen LogP contribution in [0.5, 0.6) is 0 Å². The number of anilines is 2. The van der Waals surface area contributed by atoms with Gasteiger partial charge in [-0.05, 0) is 25.1 Å². The van der Waals surface area contributed by atoms with Crippen molar-refractivity contribution < 1.29 is 9.90 Å². The molecule has 0 aliphatic carbocycles. The number of aryl methyl sites for hydroxylation is 1. The van der Waals surface area contributed by atoms with Gasteiger partial charge in [-0.25, -0.2) is 9.78 Å². The van der Waals surface area contributed by atoms with E-state index < -0.39 is 5.97 Å². The predicted octanol–water partition coefficient (Wildman–Crippen LogP) is 2.88. The first-order valence-corrected chi connectivity index (χ1v) is 5.53. The highest BCUT2D eigenvalue weighted by atomic mass is 35.5. The van der Waals surface area contributed by atoms with E-state index in [0.717, 1.165) is 11.4 Å². The Hall–Kier alpha value is -2.14. The first-order chi connectivity index (χ1) is 8.58. The van der Waals surface area contributed by atoms with Crippen molar-refractivity contribution in [3.63, 3.8) is 0 Å². The number of hydrogen-bond acceptors (Lipinski definition) is 4. The summed E-state index contributed by atoms with van der Waals surface area (Å²) in [6.45, 7) is 1.84. The van der Waals surface area contributed by atoms with Gasteiger partial charge in [-0.2, -0.15) is 0 Å². The van der Waals surface area contributed by atoms with Gasteiger partial charge in [0.2, 0.25) is 0 Å². The van der Waals surface area contributed by atoms with Gasteiger partial charge in [-0.3, -0.25) is 4.98 Å². The molecular formula is C12H10ClN3O2. The minimum Gasteiger partial charge on any atom is -0.478 e. The topological polar surface area (TPSA) is 75.1 Å². The third-order valence-corrected chi connectivity index (χ3v) is 2.66. The van der Waals surface area contributed by atoms with E-state index in [0.29, 0.717) is 5.82 Å². The highest BCUT2D eigenvalue weighted by molar-refractivity contribution is 6.33. The number of halogens is 1. The van der Waals surface area contributed by atoms with Gasteiger partial charge < -0.3 is 10.4 Å². The number of carboxylic acids is 1. The second-order valence-corrected chi connectivity index (χ2v) is 4.02. The highest BCUT2D eigenvalue weighted by Gasteiger charge is 2.10. The van der Waals surface area contributed by atoms with Crippen LogP contribution in [0, 0.1) is 6.92 Å². The van der Waals surface area contributed by atoms with Crippen molar-refractivity contribution in [3.8, 4) is 0 Å². The first kappa shape index (κ1) is 12.3. The molecule has 0 saturated heterocycles. The Morgan fingerprint density at radius 1 is 1.44 bits per heavy atom. The van der Waals surface area contributed by atoms with E-state index in [-0.39, 0.29) is 10.6 Å². The van der Waals surface area contributed by atoms with Crippen LogP contribution in [0.15, 0.2) is 30.6 Å². The lowest BCUT2D eigenvalue weighted by Crippen LogP contribution is -2.02. The van der Waals surface area contributed by atoms with Gasteiger partial charge >= 0.3 is 5.97 Å². The maximum atomic E-state index is 10.9. The molecule has 5 nitrogen and oxygen atoms in total. The van der Waals surface area contributed by atoms with Gasteiger partial charge in [0, 0.05) is 12.4 Å². The number of aromatic nitrogens is 2. The molecule has 18 heavy (non-hydrogen) atoms. The summed E-state index contributed by atoms with van der Waals surface area (Å²) >= 11 is 5.74. The Kier molecular flexibility index (Phi) is 3.43. The summed E-state index contributed by atoms with van der Waals surface area (Å²) in [4.78, 5) is 19.1. The molecule has 0 fully saturated rings. The lowest BCUT2D eigenvalue weighted by Gasteiger charge is -2.08. The molecule has 2 rings (SSSR count). The largest absolute Gasteiger partial charge is 0.478 e. The van der Waals surface area contributed by atoms with Crippen molar-refractivity contribution in [3.05, 3.63) is 46.9 Å². The Balaban J connectivity index is 2.33. The quantitative estimate of drug-likeness (QED) is 0.891. The van der Waals surface area contributed by atoms with Crippen LogP contribution in [0.1, 0.15) is 16.1 Å². The standard InChI is InChI=1S/C12H10ClN3O2/c1-7-10(3-2-4-14-7)16-11-5-8(12(17)18)9(13)6-15-11/h2-6H,1H3,(H,15,16)(H,17,18). The zero-order valence-corrected chi connectivity index (χ0v) is 10.3. The fourth-order valence-electron chi connectivity index (χ4n) is 1.43. The van der Waals surface area contributed by atoms with Crippen LogP contribution in [0.2, 0.25) is 5.02 Å². The molecule has 0 aromatic carbocycles. The van der Waals surface area contributed by atoms with E-state index in [1.807, 2.05) is 13.0 Å². The van der Waals surface area contributed by atoms with E-state index in [2.05, 4.69) is 15.3 Å². The Labute approximate surface area is 108 Å². The van der Waals surface area contributed by atoms with E-state index in [4.69, 9.17) is 16.7 Å². The normalized spacial score (nSPS) is 10.1. The lowest BCUT2D eigenvalue weighted by atomic mass is 10.2. The summed E-state index contributed by atoms with van der Waals surface area (Å²) in [5.41, 5.74) is 1.57. The molecule has 92 valence electrons. The molecule has 0 radical (unpaired) electrons. The average molecular weight is 264 g/mol.